The van der Waals surface area contributed by atoms with Gasteiger partial charge in [-0.25, -0.2) is 9.59 Å². The Morgan fingerprint density at radius 2 is 2.10 bits per heavy atom. The molecule has 1 atom stereocenters. The molecule has 0 aromatic carbocycles. The summed E-state index contributed by atoms with van der Waals surface area (Å²) in [6.07, 6.45) is 0.794. The van der Waals surface area contributed by atoms with Gasteiger partial charge in [0.2, 0.25) is 0 Å². The molecule has 1 rings (SSSR count). The normalized spacial score (nSPS) is 16.9. The van der Waals surface area contributed by atoms with Crippen LogP contribution in [0.1, 0.15) is 19.3 Å². The third-order valence-corrected chi connectivity index (χ3v) is 3.09. The number of hydrogen-bond donors (Lipinski definition) is 3. The van der Waals surface area contributed by atoms with E-state index in [-0.39, 0.29) is 12.8 Å². The van der Waals surface area contributed by atoms with Gasteiger partial charge < -0.3 is 25.4 Å². The van der Waals surface area contributed by atoms with E-state index < -0.39 is 24.0 Å². The quantitative estimate of drug-likeness (QED) is 0.583. The summed E-state index contributed by atoms with van der Waals surface area (Å²) in [4.78, 5) is 35.7. The van der Waals surface area contributed by atoms with Crippen LogP contribution in [0.2, 0.25) is 0 Å². The molecule has 0 bridgehead atoms. The van der Waals surface area contributed by atoms with Crippen molar-refractivity contribution in [2.45, 2.75) is 25.3 Å². The second kappa shape index (κ2) is 8.36. The van der Waals surface area contributed by atoms with E-state index in [0.29, 0.717) is 19.6 Å². The highest BCUT2D eigenvalue weighted by atomic mass is 16.5. The number of hydrogen-bond acceptors (Lipinski definition) is 5. The average Bonchev–Trinajstić information content (AvgIpc) is 2.71. The first-order valence-corrected chi connectivity index (χ1v) is 6.60. The first-order chi connectivity index (χ1) is 9.54. The molecule has 114 valence electrons. The lowest BCUT2D eigenvalue weighted by Crippen LogP contribution is -2.49. The Labute approximate surface area is 117 Å². The van der Waals surface area contributed by atoms with Crippen LogP contribution in [0, 0.1) is 0 Å². The summed E-state index contributed by atoms with van der Waals surface area (Å²) in [6.45, 7) is 2.65. The molecule has 1 aliphatic rings. The minimum atomic E-state index is -1.16. The summed E-state index contributed by atoms with van der Waals surface area (Å²) >= 11 is 0. The Bertz CT molecular complexity index is 353. The van der Waals surface area contributed by atoms with Crippen LogP contribution in [0.15, 0.2) is 0 Å². The molecule has 8 heteroatoms. The molecular formula is C12H21N3O5. The highest BCUT2D eigenvalue weighted by Crippen LogP contribution is 2.02. The monoisotopic (exact) mass is 287 g/mol. The Morgan fingerprint density at radius 3 is 2.75 bits per heavy atom. The van der Waals surface area contributed by atoms with Gasteiger partial charge in [-0.3, -0.25) is 4.79 Å². The lowest BCUT2D eigenvalue weighted by molar-refractivity contribution is -0.142. The van der Waals surface area contributed by atoms with Crippen LogP contribution in [0.5, 0.6) is 0 Å². The maximum absolute atomic E-state index is 12.0. The summed E-state index contributed by atoms with van der Waals surface area (Å²) in [5.41, 5.74) is 0. The molecule has 2 amide bonds. The topological polar surface area (TPSA) is 108 Å². The zero-order chi connectivity index (χ0) is 15.0. The molecule has 0 unspecified atom stereocenters. The first-order valence-electron chi connectivity index (χ1n) is 6.60. The number of carboxylic acid groups (broad SMARTS) is 1. The average molecular weight is 287 g/mol. The molecule has 0 aliphatic carbocycles. The molecule has 0 saturated carbocycles. The van der Waals surface area contributed by atoms with Gasteiger partial charge in [-0.1, -0.05) is 0 Å². The summed E-state index contributed by atoms with van der Waals surface area (Å²) in [6, 6.07) is -1.50. The zero-order valence-corrected chi connectivity index (χ0v) is 11.6. The summed E-state index contributed by atoms with van der Waals surface area (Å²) in [5, 5.41) is 14.7. The third kappa shape index (κ3) is 5.43. The van der Waals surface area contributed by atoms with E-state index in [9.17, 15) is 14.4 Å². The minimum absolute atomic E-state index is 0.0137. The maximum Gasteiger partial charge on any atom is 0.326 e. The molecule has 20 heavy (non-hydrogen) atoms. The Balaban J connectivity index is 2.49. The van der Waals surface area contributed by atoms with Crippen molar-refractivity contribution in [2.24, 2.45) is 0 Å². The molecule has 0 spiro atoms. The summed E-state index contributed by atoms with van der Waals surface area (Å²) in [7, 11) is 1.24. The van der Waals surface area contributed by atoms with Crippen LogP contribution in [0.4, 0.5) is 4.79 Å². The number of esters is 1. The predicted octanol–water partition coefficient (Wildman–Crippen LogP) is -0.602. The number of amides is 2. The van der Waals surface area contributed by atoms with Gasteiger partial charge in [-0.05, 0) is 19.4 Å². The lowest BCUT2D eigenvalue weighted by atomic mass is 10.1. The number of carbonyl (C=O) groups excluding carboxylic acids is 2. The van der Waals surface area contributed by atoms with Crippen molar-refractivity contribution in [2.75, 3.05) is 33.3 Å². The molecule has 0 aromatic heterocycles. The molecule has 0 aromatic rings. The van der Waals surface area contributed by atoms with E-state index >= 15 is 0 Å². The predicted molar refractivity (Wildman–Crippen MR) is 70.3 cm³/mol. The van der Waals surface area contributed by atoms with Crippen molar-refractivity contribution in [3.63, 3.8) is 0 Å². The van der Waals surface area contributed by atoms with Crippen LogP contribution >= 0.6 is 0 Å². The van der Waals surface area contributed by atoms with Crippen molar-refractivity contribution in [1.82, 2.24) is 15.5 Å². The van der Waals surface area contributed by atoms with Crippen molar-refractivity contribution >= 4 is 18.0 Å². The lowest BCUT2D eigenvalue weighted by Gasteiger charge is -2.23. The fraction of sp³-hybridized carbons (Fsp3) is 0.750. The number of carboxylic acids is 1. The van der Waals surface area contributed by atoms with Crippen LogP contribution in [0.25, 0.3) is 0 Å². The zero-order valence-electron chi connectivity index (χ0n) is 11.6. The van der Waals surface area contributed by atoms with Gasteiger partial charge in [-0.15, -0.1) is 0 Å². The molecule has 1 fully saturated rings. The third-order valence-electron chi connectivity index (χ3n) is 3.09. The number of urea groups is 1. The smallest absolute Gasteiger partial charge is 0.326 e. The SMILES string of the molecule is COC(=O)CC[C@@H](NC(=O)N1CCCNCC1)C(=O)O. The van der Waals surface area contributed by atoms with Gasteiger partial charge in [0, 0.05) is 26.1 Å². The number of nitrogens with zero attached hydrogens (tertiary/aromatic N) is 1. The molecule has 1 aliphatic heterocycles. The Morgan fingerprint density at radius 1 is 1.35 bits per heavy atom. The first kappa shape index (κ1) is 16.2. The molecule has 0 radical (unpaired) electrons. The molecule has 1 heterocycles. The maximum atomic E-state index is 12.0. The largest absolute Gasteiger partial charge is 0.480 e. The molecular weight excluding hydrogens is 266 g/mol. The Kier molecular flexibility index (Phi) is 6.78. The number of methoxy groups -OCH3 is 1. The number of carbonyl (C=O) groups is 3. The van der Waals surface area contributed by atoms with Gasteiger partial charge in [0.05, 0.1) is 7.11 Å². The number of ether oxygens (including phenoxy) is 1. The van der Waals surface area contributed by atoms with Crippen LogP contribution < -0.4 is 10.6 Å². The molecule has 3 N–H and O–H groups in total. The fourth-order valence-corrected chi connectivity index (χ4v) is 1.91. The summed E-state index contributed by atoms with van der Waals surface area (Å²) < 4.78 is 4.45. The number of aliphatic carboxylic acids is 1. The van der Waals surface area contributed by atoms with E-state index in [1.165, 1.54) is 7.11 Å². The summed E-state index contributed by atoms with van der Waals surface area (Å²) in [5.74, 6) is -1.65. The van der Waals surface area contributed by atoms with Crippen LogP contribution in [-0.4, -0.2) is 67.3 Å². The number of rotatable bonds is 5. The fourth-order valence-electron chi connectivity index (χ4n) is 1.91. The number of nitrogens with one attached hydrogen (secondary N) is 2. The van der Waals surface area contributed by atoms with Gasteiger partial charge >= 0.3 is 18.0 Å². The van der Waals surface area contributed by atoms with Gasteiger partial charge in [0.25, 0.3) is 0 Å². The van der Waals surface area contributed by atoms with E-state index in [2.05, 4.69) is 15.4 Å². The van der Waals surface area contributed by atoms with Crippen LogP contribution in [0.3, 0.4) is 0 Å². The highest BCUT2D eigenvalue weighted by Gasteiger charge is 2.24. The minimum Gasteiger partial charge on any atom is -0.480 e. The second-order valence-corrected chi connectivity index (χ2v) is 4.55. The molecule has 8 nitrogen and oxygen atoms in total. The van der Waals surface area contributed by atoms with Crippen molar-refractivity contribution in [3.05, 3.63) is 0 Å². The van der Waals surface area contributed by atoms with E-state index in [0.717, 1.165) is 13.0 Å². The van der Waals surface area contributed by atoms with Crippen molar-refractivity contribution < 1.29 is 24.2 Å². The van der Waals surface area contributed by atoms with E-state index in [1.807, 2.05) is 0 Å². The Hall–Kier alpha value is -1.83. The van der Waals surface area contributed by atoms with E-state index in [1.54, 1.807) is 4.90 Å². The van der Waals surface area contributed by atoms with Crippen molar-refractivity contribution in [1.29, 1.82) is 0 Å². The van der Waals surface area contributed by atoms with Gasteiger partial charge in [0.1, 0.15) is 6.04 Å². The second-order valence-electron chi connectivity index (χ2n) is 4.55. The standard InChI is InChI=1S/C12H21N3O5/c1-20-10(16)4-3-9(11(17)18)14-12(19)15-7-2-5-13-6-8-15/h9,13H,2-8H2,1H3,(H,14,19)(H,17,18)/t9-/m1/s1. The van der Waals surface area contributed by atoms with E-state index in [4.69, 9.17) is 5.11 Å². The van der Waals surface area contributed by atoms with Gasteiger partial charge in [0.15, 0.2) is 0 Å². The van der Waals surface area contributed by atoms with Crippen LogP contribution in [-0.2, 0) is 14.3 Å². The molecule has 1 saturated heterocycles. The van der Waals surface area contributed by atoms with Gasteiger partial charge in [-0.2, -0.15) is 0 Å². The highest BCUT2D eigenvalue weighted by molar-refractivity contribution is 5.83. The van der Waals surface area contributed by atoms with Crippen molar-refractivity contribution in [3.8, 4) is 0 Å².